The highest BCUT2D eigenvalue weighted by atomic mass is 79.9. The molecule has 4 heteroatoms. The van der Waals surface area contributed by atoms with Gasteiger partial charge < -0.3 is 10.5 Å². The molecule has 0 saturated heterocycles. The molecule has 0 aliphatic carbocycles. The molecule has 2 aromatic rings. The van der Waals surface area contributed by atoms with Crippen molar-refractivity contribution in [3.05, 3.63) is 58.3 Å². The van der Waals surface area contributed by atoms with Gasteiger partial charge in [-0.3, -0.25) is 0 Å². The number of hydrogen-bond donors (Lipinski definition) is 1. The maximum absolute atomic E-state index is 13.0. The maximum atomic E-state index is 13.0. The third kappa shape index (κ3) is 3.20. The maximum Gasteiger partial charge on any atom is 0.123 e. The van der Waals surface area contributed by atoms with Gasteiger partial charge in [0.1, 0.15) is 18.2 Å². The molecule has 0 aromatic heterocycles. The first-order chi connectivity index (χ1) is 8.15. The molecule has 2 rings (SSSR count). The Hall–Kier alpha value is -1.55. The van der Waals surface area contributed by atoms with Crippen LogP contribution in [0.2, 0.25) is 0 Å². The predicted molar refractivity (Wildman–Crippen MR) is 69.3 cm³/mol. The number of ether oxygens (including phenoxy) is 1. The van der Waals surface area contributed by atoms with Crippen molar-refractivity contribution in [3.63, 3.8) is 0 Å². The highest BCUT2D eigenvalue weighted by Crippen LogP contribution is 2.19. The SMILES string of the molecule is Nc1ccc(F)cc1COc1ccc(Br)cc1. The molecule has 0 saturated carbocycles. The van der Waals surface area contributed by atoms with Crippen molar-refractivity contribution in [2.45, 2.75) is 6.61 Å². The summed E-state index contributed by atoms with van der Waals surface area (Å²) in [4.78, 5) is 0. The quantitative estimate of drug-likeness (QED) is 0.875. The number of rotatable bonds is 3. The minimum Gasteiger partial charge on any atom is -0.489 e. The molecular formula is C13H11BrFNO. The van der Waals surface area contributed by atoms with Crippen LogP contribution in [-0.2, 0) is 6.61 Å². The van der Waals surface area contributed by atoms with Gasteiger partial charge >= 0.3 is 0 Å². The van der Waals surface area contributed by atoms with Crippen LogP contribution in [0, 0.1) is 5.82 Å². The largest absolute Gasteiger partial charge is 0.489 e. The standard InChI is InChI=1S/C13H11BrFNO/c14-10-1-4-12(5-2-10)17-8-9-7-11(15)3-6-13(9)16/h1-7H,8,16H2. The Morgan fingerprint density at radius 2 is 1.82 bits per heavy atom. The summed E-state index contributed by atoms with van der Waals surface area (Å²) < 4.78 is 19.5. The summed E-state index contributed by atoms with van der Waals surface area (Å²) in [6, 6.07) is 11.7. The minimum absolute atomic E-state index is 0.255. The van der Waals surface area contributed by atoms with Gasteiger partial charge in [0.05, 0.1) is 0 Å². The summed E-state index contributed by atoms with van der Waals surface area (Å²) in [5.41, 5.74) is 6.90. The fourth-order valence-corrected chi connectivity index (χ4v) is 1.66. The van der Waals surface area contributed by atoms with Crippen LogP contribution >= 0.6 is 15.9 Å². The second kappa shape index (κ2) is 5.19. The first kappa shape index (κ1) is 11.9. The second-order valence-electron chi connectivity index (χ2n) is 3.59. The van der Waals surface area contributed by atoms with Gasteiger partial charge in [-0.25, -0.2) is 4.39 Å². The van der Waals surface area contributed by atoms with Crippen LogP contribution in [0.15, 0.2) is 46.9 Å². The summed E-state index contributed by atoms with van der Waals surface area (Å²) in [7, 11) is 0. The summed E-state index contributed by atoms with van der Waals surface area (Å²) >= 11 is 3.34. The van der Waals surface area contributed by atoms with E-state index < -0.39 is 0 Å². The van der Waals surface area contributed by atoms with Crippen LogP contribution in [0.4, 0.5) is 10.1 Å². The van der Waals surface area contributed by atoms with Crippen molar-refractivity contribution < 1.29 is 9.13 Å². The third-order valence-corrected chi connectivity index (χ3v) is 2.84. The summed E-state index contributed by atoms with van der Waals surface area (Å²) in [6.07, 6.45) is 0. The van der Waals surface area contributed by atoms with E-state index in [2.05, 4.69) is 15.9 Å². The molecule has 0 fully saturated rings. The molecule has 2 nitrogen and oxygen atoms in total. The zero-order valence-electron chi connectivity index (χ0n) is 8.99. The van der Waals surface area contributed by atoms with E-state index >= 15 is 0 Å². The Morgan fingerprint density at radius 3 is 2.53 bits per heavy atom. The molecule has 0 heterocycles. The van der Waals surface area contributed by atoms with Crippen molar-refractivity contribution >= 4 is 21.6 Å². The number of hydrogen-bond acceptors (Lipinski definition) is 2. The van der Waals surface area contributed by atoms with Crippen LogP contribution in [-0.4, -0.2) is 0 Å². The van der Waals surface area contributed by atoms with Crippen molar-refractivity contribution in [3.8, 4) is 5.75 Å². The average molecular weight is 296 g/mol. The zero-order valence-corrected chi connectivity index (χ0v) is 10.6. The van der Waals surface area contributed by atoms with E-state index in [-0.39, 0.29) is 12.4 Å². The summed E-state index contributed by atoms with van der Waals surface area (Å²) in [6.45, 7) is 0.255. The van der Waals surface area contributed by atoms with E-state index in [0.717, 1.165) is 10.2 Å². The Balaban J connectivity index is 2.07. The lowest BCUT2D eigenvalue weighted by molar-refractivity contribution is 0.306. The molecular weight excluding hydrogens is 285 g/mol. The van der Waals surface area contributed by atoms with Gasteiger partial charge in [-0.05, 0) is 42.5 Å². The molecule has 2 N–H and O–H groups in total. The highest BCUT2D eigenvalue weighted by molar-refractivity contribution is 9.10. The Labute approximate surface area is 107 Å². The van der Waals surface area contributed by atoms with Crippen LogP contribution in [0.5, 0.6) is 5.75 Å². The smallest absolute Gasteiger partial charge is 0.123 e. The molecule has 2 aromatic carbocycles. The number of anilines is 1. The highest BCUT2D eigenvalue weighted by Gasteiger charge is 2.02. The molecule has 0 radical (unpaired) electrons. The topological polar surface area (TPSA) is 35.2 Å². The van der Waals surface area contributed by atoms with Crippen molar-refractivity contribution in [2.75, 3.05) is 5.73 Å². The van der Waals surface area contributed by atoms with Crippen LogP contribution in [0.1, 0.15) is 5.56 Å². The lowest BCUT2D eigenvalue weighted by atomic mass is 10.2. The summed E-state index contributed by atoms with van der Waals surface area (Å²) in [5.74, 6) is 0.408. The molecule has 0 amide bonds. The minimum atomic E-state index is -0.311. The fourth-order valence-electron chi connectivity index (χ4n) is 1.39. The second-order valence-corrected chi connectivity index (χ2v) is 4.50. The van der Waals surface area contributed by atoms with E-state index in [9.17, 15) is 4.39 Å². The van der Waals surface area contributed by atoms with E-state index in [1.54, 1.807) is 0 Å². The molecule has 0 aliphatic heterocycles. The molecule has 0 atom stereocenters. The molecule has 17 heavy (non-hydrogen) atoms. The van der Waals surface area contributed by atoms with E-state index in [1.165, 1.54) is 18.2 Å². The molecule has 0 spiro atoms. The van der Waals surface area contributed by atoms with Gasteiger partial charge in [0, 0.05) is 15.7 Å². The number of benzene rings is 2. The van der Waals surface area contributed by atoms with Gasteiger partial charge in [0.15, 0.2) is 0 Å². The van der Waals surface area contributed by atoms with Crippen LogP contribution in [0.3, 0.4) is 0 Å². The third-order valence-electron chi connectivity index (χ3n) is 2.31. The molecule has 88 valence electrons. The Bertz CT molecular complexity index is 513. The summed E-state index contributed by atoms with van der Waals surface area (Å²) in [5, 5.41) is 0. The van der Waals surface area contributed by atoms with Crippen molar-refractivity contribution in [1.29, 1.82) is 0 Å². The van der Waals surface area contributed by atoms with Crippen LogP contribution < -0.4 is 10.5 Å². The van der Waals surface area contributed by atoms with Crippen LogP contribution in [0.25, 0.3) is 0 Å². The van der Waals surface area contributed by atoms with E-state index in [1.807, 2.05) is 24.3 Å². The molecule has 0 bridgehead atoms. The van der Waals surface area contributed by atoms with E-state index in [4.69, 9.17) is 10.5 Å². The Kier molecular flexibility index (Phi) is 3.64. The molecule has 0 unspecified atom stereocenters. The average Bonchev–Trinajstić information content (AvgIpc) is 2.32. The fraction of sp³-hybridized carbons (Fsp3) is 0.0769. The normalized spacial score (nSPS) is 10.2. The number of nitrogen functional groups attached to an aromatic ring is 1. The first-order valence-corrected chi connectivity index (χ1v) is 5.87. The molecule has 0 aliphatic rings. The van der Waals surface area contributed by atoms with Gasteiger partial charge in [-0.1, -0.05) is 15.9 Å². The van der Waals surface area contributed by atoms with Gasteiger partial charge in [0.25, 0.3) is 0 Å². The number of halogens is 2. The van der Waals surface area contributed by atoms with E-state index in [0.29, 0.717) is 11.3 Å². The predicted octanol–water partition coefficient (Wildman–Crippen LogP) is 3.75. The first-order valence-electron chi connectivity index (χ1n) is 5.07. The van der Waals surface area contributed by atoms with Crippen molar-refractivity contribution in [2.24, 2.45) is 0 Å². The van der Waals surface area contributed by atoms with Gasteiger partial charge in [-0.2, -0.15) is 0 Å². The lowest BCUT2D eigenvalue weighted by Gasteiger charge is -2.08. The van der Waals surface area contributed by atoms with Crippen molar-refractivity contribution in [1.82, 2.24) is 0 Å². The van der Waals surface area contributed by atoms with Gasteiger partial charge in [0.2, 0.25) is 0 Å². The zero-order chi connectivity index (χ0) is 12.3. The Morgan fingerprint density at radius 1 is 1.12 bits per heavy atom. The number of nitrogens with two attached hydrogens (primary N) is 1. The lowest BCUT2D eigenvalue weighted by Crippen LogP contribution is -2.00. The monoisotopic (exact) mass is 295 g/mol. The van der Waals surface area contributed by atoms with Gasteiger partial charge in [-0.15, -0.1) is 0 Å².